The molecule has 2 aromatic carbocycles. The summed E-state index contributed by atoms with van der Waals surface area (Å²) in [6, 6.07) is 13.4. The average Bonchev–Trinajstić information content (AvgIpc) is 2.51. The van der Waals surface area contributed by atoms with Crippen LogP contribution in [0.2, 0.25) is 0 Å². The highest BCUT2D eigenvalue weighted by Crippen LogP contribution is 2.32. The van der Waals surface area contributed by atoms with Gasteiger partial charge in [0.2, 0.25) is 0 Å². The normalized spacial score (nSPS) is 16.5. The zero-order chi connectivity index (χ0) is 14.8. The van der Waals surface area contributed by atoms with Gasteiger partial charge in [0.1, 0.15) is 5.82 Å². The van der Waals surface area contributed by atoms with Gasteiger partial charge in [-0.25, -0.2) is 4.39 Å². The van der Waals surface area contributed by atoms with Crippen LogP contribution < -0.4 is 5.73 Å². The standard InChI is InChI=1S/C18H21FN2/c1-2-18(14-6-8-15(19)9-7-14)21-11-10-13-4-3-5-17(20)16(13)12-21/h3-9,18H,2,10-12,20H2,1H3. The van der Waals surface area contributed by atoms with Crippen molar-refractivity contribution in [1.29, 1.82) is 0 Å². The summed E-state index contributed by atoms with van der Waals surface area (Å²) in [4.78, 5) is 2.45. The highest BCUT2D eigenvalue weighted by Gasteiger charge is 2.24. The van der Waals surface area contributed by atoms with Crippen LogP contribution in [-0.4, -0.2) is 11.4 Å². The Kier molecular flexibility index (Phi) is 3.93. The van der Waals surface area contributed by atoms with Crippen LogP contribution in [0.3, 0.4) is 0 Å². The van der Waals surface area contributed by atoms with E-state index in [1.165, 1.54) is 16.7 Å². The summed E-state index contributed by atoms with van der Waals surface area (Å²) < 4.78 is 13.1. The molecular formula is C18H21FN2. The molecule has 3 rings (SSSR count). The minimum Gasteiger partial charge on any atom is -0.398 e. The monoisotopic (exact) mass is 284 g/mol. The smallest absolute Gasteiger partial charge is 0.123 e. The van der Waals surface area contributed by atoms with E-state index in [-0.39, 0.29) is 5.82 Å². The van der Waals surface area contributed by atoms with Crippen molar-refractivity contribution in [3.8, 4) is 0 Å². The summed E-state index contributed by atoms with van der Waals surface area (Å²) in [6.45, 7) is 4.07. The molecule has 2 aromatic rings. The molecule has 110 valence electrons. The van der Waals surface area contributed by atoms with Crippen molar-refractivity contribution < 1.29 is 4.39 Å². The molecule has 0 aliphatic carbocycles. The SMILES string of the molecule is CCC(c1ccc(F)cc1)N1CCc2cccc(N)c2C1. The van der Waals surface area contributed by atoms with E-state index in [1.807, 2.05) is 24.3 Å². The lowest BCUT2D eigenvalue weighted by atomic mass is 9.94. The number of halogens is 1. The first-order chi connectivity index (χ1) is 10.2. The number of hydrogen-bond donors (Lipinski definition) is 1. The van der Waals surface area contributed by atoms with E-state index in [9.17, 15) is 4.39 Å². The molecular weight excluding hydrogens is 263 g/mol. The maximum Gasteiger partial charge on any atom is 0.123 e. The average molecular weight is 284 g/mol. The van der Waals surface area contributed by atoms with Crippen molar-refractivity contribution in [1.82, 2.24) is 4.90 Å². The zero-order valence-corrected chi connectivity index (χ0v) is 12.3. The first kappa shape index (κ1) is 14.1. The van der Waals surface area contributed by atoms with Crippen molar-refractivity contribution in [2.24, 2.45) is 0 Å². The number of anilines is 1. The molecule has 0 saturated carbocycles. The molecule has 2 nitrogen and oxygen atoms in total. The van der Waals surface area contributed by atoms with E-state index in [0.717, 1.165) is 31.6 Å². The number of nitrogen functional groups attached to an aromatic ring is 1. The number of nitrogens with two attached hydrogens (primary N) is 1. The maximum atomic E-state index is 13.1. The van der Waals surface area contributed by atoms with E-state index < -0.39 is 0 Å². The van der Waals surface area contributed by atoms with Crippen LogP contribution in [0.25, 0.3) is 0 Å². The molecule has 1 atom stereocenters. The highest BCUT2D eigenvalue weighted by atomic mass is 19.1. The zero-order valence-electron chi connectivity index (χ0n) is 12.3. The van der Waals surface area contributed by atoms with E-state index in [0.29, 0.717) is 6.04 Å². The Hall–Kier alpha value is -1.87. The minimum atomic E-state index is -0.179. The van der Waals surface area contributed by atoms with Gasteiger partial charge in [-0.2, -0.15) is 0 Å². The molecule has 1 aliphatic heterocycles. The fraction of sp³-hybridized carbons (Fsp3) is 0.333. The quantitative estimate of drug-likeness (QED) is 0.866. The van der Waals surface area contributed by atoms with Gasteiger partial charge in [-0.1, -0.05) is 31.2 Å². The van der Waals surface area contributed by atoms with E-state index in [2.05, 4.69) is 17.9 Å². The Labute approximate surface area is 125 Å². The molecule has 3 heteroatoms. The van der Waals surface area contributed by atoms with E-state index in [4.69, 9.17) is 5.73 Å². The first-order valence-corrected chi connectivity index (χ1v) is 7.54. The molecule has 1 heterocycles. The van der Waals surface area contributed by atoms with Gasteiger partial charge >= 0.3 is 0 Å². The van der Waals surface area contributed by atoms with Gasteiger partial charge in [-0.05, 0) is 47.7 Å². The third-order valence-electron chi connectivity index (χ3n) is 4.42. The van der Waals surface area contributed by atoms with Crippen LogP contribution in [0, 0.1) is 5.82 Å². The van der Waals surface area contributed by atoms with Gasteiger partial charge in [-0.15, -0.1) is 0 Å². The van der Waals surface area contributed by atoms with Crippen molar-refractivity contribution >= 4 is 5.69 Å². The van der Waals surface area contributed by atoms with Crippen LogP contribution in [-0.2, 0) is 13.0 Å². The predicted octanol–water partition coefficient (Wildman–Crippen LogP) is 3.92. The molecule has 21 heavy (non-hydrogen) atoms. The summed E-state index contributed by atoms with van der Waals surface area (Å²) in [5.41, 5.74) is 10.8. The van der Waals surface area contributed by atoms with Gasteiger partial charge in [0.25, 0.3) is 0 Å². The number of fused-ring (bicyclic) bond motifs is 1. The number of rotatable bonds is 3. The van der Waals surface area contributed by atoms with E-state index in [1.54, 1.807) is 12.1 Å². The molecule has 0 amide bonds. The maximum absolute atomic E-state index is 13.1. The van der Waals surface area contributed by atoms with Crippen LogP contribution in [0.4, 0.5) is 10.1 Å². The van der Waals surface area contributed by atoms with E-state index >= 15 is 0 Å². The summed E-state index contributed by atoms with van der Waals surface area (Å²) in [6.07, 6.45) is 2.03. The largest absolute Gasteiger partial charge is 0.398 e. The second-order valence-electron chi connectivity index (χ2n) is 5.68. The van der Waals surface area contributed by atoms with Crippen molar-refractivity contribution in [2.45, 2.75) is 32.4 Å². The number of benzene rings is 2. The molecule has 0 spiro atoms. The molecule has 0 fully saturated rings. The van der Waals surface area contributed by atoms with Gasteiger partial charge < -0.3 is 5.73 Å². The van der Waals surface area contributed by atoms with Gasteiger partial charge in [0.15, 0.2) is 0 Å². The summed E-state index contributed by atoms with van der Waals surface area (Å²) in [5.74, 6) is -0.179. The number of nitrogens with zero attached hydrogens (tertiary/aromatic N) is 1. The lowest BCUT2D eigenvalue weighted by Gasteiger charge is -2.36. The molecule has 0 aromatic heterocycles. The fourth-order valence-corrected chi connectivity index (χ4v) is 3.28. The molecule has 0 saturated heterocycles. The van der Waals surface area contributed by atoms with Crippen molar-refractivity contribution in [3.63, 3.8) is 0 Å². The Morgan fingerprint density at radius 2 is 1.95 bits per heavy atom. The summed E-state index contributed by atoms with van der Waals surface area (Å²) in [5, 5.41) is 0. The molecule has 2 N–H and O–H groups in total. The second kappa shape index (κ2) is 5.86. The molecule has 1 aliphatic rings. The molecule has 0 radical (unpaired) electrons. The van der Waals surface area contributed by atoms with Crippen LogP contribution >= 0.6 is 0 Å². The van der Waals surface area contributed by atoms with Crippen LogP contribution in [0.1, 0.15) is 36.1 Å². The van der Waals surface area contributed by atoms with Crippen LogP contribution in [0.5, 0.6) is 0 Å². The van der Waals surface area contributed by atoms with Gasteiger partial charge in [0, 0.05) is 24.8 Å². The number of hydrogen-bond acceptors (Lipinski definition) is 2. The fourth-order valence-electron chi connectivity index (χ4n) is 3.28. The lowest BCUT2D eigenvalue weighted by molar-refractivity contribution is 0.175. The van der Waals surface area contributed by atoms with Crippen LogP contribution in [0.15, 0.2) is 42.5 Å². The van der Waals surface area contributed by atoms with Gasteiger partial charge in [0.05, 0.1) is 0 Å². The Morgan fingerprint density at radius 1 is 1.19 bits per heavy atom. The lowest BCUT2D eigenvalue weighted by Crippen LogP contribution is -2.34. The van der Waals surface area contributed by atoms with Crippen molar-refractivity contribution in [2.75, 3.05) is 12.3 Å². The minimum absolute atomic E-state index is 0.179. The Morgan fingerprint density at radius 3 is 2.67 bits per heavy atom. The summed E-state index contributed by atoms with van der Waals surface area (Å²) >= 11 is 0. The topological polar surface area (TPSA) is 29.3 Å². The predicted molar refractivity (Wildman–Crippen MR) is 84.4 cm³/mol. The summed E-state index contributed by atoms with van der Waals surface area (Å²) in [7, 11) is 0. The third-order valence-corrected chi connectivity index (χ3v) is 4.42. The third kappa shape index (κ3) is 2.79. The van der Waals surface area contributed by atoms with Crippen molar-refractivity contribution in [3.05, 3.63) is 65.0 Å². The Bertz CT molecular complexity index is 622. The highest BCUT2D eigenvalue weighted by molar-refractivity contribution is 5.51. The molecule has 0 bridgehead atoms. The molecule has 1 unspecified atom stereocenters. The second-order valence-corrected chi connectivity index (χ2v) is 5.68. The first-order valence-electron chi connectivity index (χ1n) is 7.54. The van der Waals surface area contributed by atoms with Gasteiger partial charge in [-0.3, -0.25) is 4.90 Å². The Balaban J connectivity index is 1.86.